The number of carbonyl (C=O) groups excluding carboxylic acids is 1. The van der Waals surface area contributed by atoms with Crippen molar-refractivity contribution >= 4 is 23.5 Å². The summed E-state index contributed by atoms with van der Waals surface area (Å²) >= 11 is 5.78. The SMILES string of the molecule is CC1(Cc2ccc(Cl)c(F)c2)Cc2cc(C(=O)N(CCc3ccccc3F)CC(=O)O)ccc2O1. The lowest BCUT2D eigenvalue weighted by Crippen LogP contribution is -2.37. The first-order chi connectivity index (χ1) is 16.6. The van der Waals surface area contributed by atoms with Gasteiger partial charge in [0.15, 0.2) is 0 Å². The zero-order valence-corrected chi connectivity index (χ0v) is 19.8. The van der Waals surface area contributed by atoms with Crippen molar-refractivity contribution < 1.29 is 28.2 Å². The molecule has 0 saturated heterocycles. The van der Waals surface area contributed by atoms with Crippen molar-refractivity contribution in [3.8, 4) is 5.75 Å². The molecular weight excluding hydrogens is 476 g/mol. The Morgan fingerprint density at radius 1 is 1.09 bits per heavy atom. The summed E-state index contributed by atoms with van der Waals surface area (Å²) in [5.74, 6) is -1.89. The average molecular weight is 500 g/mol. The Labute approximate surface area is 206 Å². The van der Waals surface area contributed by atoms with Gasteiger partial charge in [0.1, 0.15) is 29.5 Å². The molecule has 3 aromatic carbocycles. The molecule has 1 aliphatic heterocycles. The molecule has 0 radical (unpaired) electrons. The van der Waals surface area contributed by atoms with Gasteiger partial charge in [0.25, 0.3) is 5.91 Å². The van der Waals surface area contributed by atoms with Gasteiger partial charge in [-0.05, 0) is 66.4 Å². The first-order valence-corrected chi connectivity index (χ1v) is 11.5. The summed E-state index contributed by atoms with van der Waals surface area (Å²) in [4.78, 5) is 25.8. The lowest BCUT2D eigenvalue weighted by molar-refractivity contribution is -0.137. The third-order valence-electron chi connectivity index (χ3n) is 6.01. The second kappa shape index (κ2) is 10.0. The van der Waals surface area contributed by atoms with Crippen molar-refractivity contribution in [2.75, 3.05) is 13.1 Å². The van der Waals surface area contributed by atoms with Gasteiger partial charge in [-0.3, -0.25) is 9.59 Å². The predicted octanol–water partition coefficient (Wildman–Crippen LogP) is 5.32. The zero-order valence-electron chi connectivity index (χ0n) is 19.1. The van der Waals surface area contributed by atoms with Crippen LogP contribution in [0.5, 0.6) is 5.75 Å². The summed E-state index contributed by atoms with van der Waals surface area (Å²) in [6, 6.07) is 15.8. The number of nitrogens with zero attached hydrogens (tertiary/aromatic N) is 1. The number of hydrogen-bond acceptors (Lipinski definition) is 3. The van der Waals surface area contributed by atoms with Crippen LogP contribution in [0, 0.1) is 11.6 Å². The topological polar surface area (TPSA) is 66.8 Å². The monoisotopic (exact) mass is 499 g/mol. The molecular formula is C27H24ClF2NO4. The van der Waals surface area contributed by atoms with Crippen molar-refractivity contribution in [1.29, 1.82) is 0 Å². The van der Waals surface area contributed by atoms with Gasteiger partial charge in [-0.15, -0.1) is 0 Å². The fraction of sp³-hybridized carbons (Fsp3) is 0.259. The van der Waals surface area contributed by atoms with Gasteiger partial charge in [-0.25, -0.2) is 8.78 Å². The van der Waals surface area contributed by atoms with Crippen molar-refractivity contribution in [3.63, 3.8) is 0 Å². The van der Waals surface area contributed by atoms with Crippen LogP contribution >= 0.6 is 11.6 Å². The molecule has 8 heteroatoms. The van der Waals surface area contributed by atoms with Crippen molar-refractivity contribution in [2.45, 2.75) is 31.8 Å². The van der Waals surface area contributed by atoms with Gasteiger partial charge < -0.3 is 14.7 Å². The highest BCUT2D eigenvalue weighted by Crippen LogP contribution is 2.38. The molecule has 1 N–H and O–H groups in total. The van der Waals surface area contributed by atoms with Gasteiger partial charge >= 0.3 is 5.97 Å². The van der Waals surface area contributed by atoms with Crippen LogP contribution in [0.4, 0.5) is 8.78 Å². The van der Waals surface area contributed by atoms with Gasteiger partial charge in [-0.2, -0.15) is 0 Å². The Morgan fingerprint density at radius 2 is 1.86 bits per heavy atom. The van der Waals surface area contributed by atoms with Crippen LogP contribution in [0.2, 0.25) is 5.02 Å². The van der Waals surface area contributed by atoms with Crippen LogP contribution in [0.15, 0.2) is 60.7 Å². The Morgan fingerprint density at radius 3 is 2.57 bits per heavy atom. The van der Waals surface area contributed by atoms with Crippen molar-refractivity contribution in [1.82, 2.24) is 4.90 Å². The second-order valence-corrected chi connectivity index (χ2v) is 9.35. The largest absolute Gasteiger partial charge is 0.487 e. The van der Waals surface area contributed by atoms with Crippen LogP contribution in [-0.2, 0) is 24.1 Å². The summed E-state index contributed by atoms with van der Waals surface area (Å²) in [6.45, 7) is 1.46. The third kappa shape index (κ3) is 5.80. The first kappa shape index (κ1) is 24.7. The molecule has 35 heavy (non-hydrogen) atoms. The molecule has 4 rings (SSSR count). The van der Waals surface area contributed by atoms with Crippen LogP contribution in [0.1, 0.15) is 34.0 Å². The number of amides is 1. The number of halogens is 3. The molecule has 1 heterocycles. The van der Waals surface area contributed by atoms with E-state index >= 15 is 0 Å². The number of rotatable bonds is 8. The van der Waals surface area contributed by atoms with E-state index in [-0.39, 0.29) is 18.0 Å². The van der Waals surface area contributed by atoms with Gasteiger partial charge in [0.05, 0.1) is 5.02 Å². The molecule has 1 unspecified atom stereocenters. The number of fused-ring (bicyclic) bond motifs is 1. The van der Waals surface area contributed by atoms with Crippen molar-refractivity contribution in [3.05, 3.63) is 99.6 Å². The lowest BCUT2D eigenvalue weighted by Gasteiger charge is -2.24. The summed E-state index contributed by atoms with van der Waals surface area (Å²) < 4.78 is 34.0. The minimum atomic E-state index is -1.15. The molecule has 3 aromatic rings. The Balaban J connectivity index is 1.49. The Hall–Kier alpha value is -3.45. The molecule has 5 nitrogen and oxygen atoms in total. The first-order valence-electron chi connectivity index (χ1n) is 11.1. The molecule has 1 aliphatic rings. The number of carboxylic acids is 1. The molecule has 0 saturated carbocycles. The highest BCUT2D eigenvalue weighted by molar-refractivity contribution is 6.30. The fourth-order valence-corrected chi connectivity index (χ4v) is 4.51. The number of carbonyl (C=O) groups is 2. The predicted molar refractivity (Wildman–Crippen MR) is 128 cm³/mol. The minimum absolute atomic E-state index is 0.0543. The van der Waals surface area contributed by atoms with E-state index in [0.717, 1.165) is 11.1 Å². The maximum atomic E-state index is 14.0. The highest BCUT2D eigenvalue weighted by Gasteiger charge is 2.36. The van der Waals surface area contributed by atoms with E-state index in [1.807, 2.05) is 6.92 Å². The van der Waals surface area contributed by atoms with Crippen LogP contribution < -0.4 is 4.74 Å². The van der Waals surface area contributed by atoms with Gasteiger partial charge in [0, 0.05) is 24.9 Å². The Kier molecular flexibility index (Phi) is 7.08. The maximum absolute atomic E-state index is 14.0. The number of carboxylic acid groups (broad SMARTS) is 1. The van der Waals surface area contributed by atoms with Gasteiger partial charge in [0.2, 0.25) is 0 Å². The normalized spacial score (nSPS) is 16.5. The van der Waals surface area contributed by atoms with Crippen LogP contribution in [-0.4, -0.2) is 40.6 Å². The number of benzene rings is 3. The van der Waals surface area contributed by atoms with E-state index in [4.69, 9.17) is 16.3 Å². The third-order valence-corrected chi connectivity index (χ3v) is 6.32. The molecule has 0 fully saturated rings. The number of ether oxygens (including phenoxy) is 1. The minimum Gasteiger partial charge on any atom is -0.487 e. The maximum Gasteiger partial charge on any atom is 0.323 e. The Bertz CT molecular complexity index is 1280. The molecule has 1 atom stereocenters. The molecule has 182 valence electrons. The standard InChI is InChI=1S/C27H24ClF2NO4/c1-27(14-17-6-8-21(28)23(30)12-17)15-20-13-19(7-9-24(20)35-27)26(34)31(16-25(32)33)11-10-18-4-2-3-5-22(18)29/h2-9,12-13H,10-11,14-16H2,1H3,(H,32,33). The van der Waals surface area contributed by atoms with Crippen LogP contribution in [0.3, 0.4) is 0 Å². The zero-order chi connectivity index (χ0) is 25.2. The summed E-state index contributed by atoms with van der Waals surface area (Å²) in [6.07, 6.45) is 1.12. The van der Waals surface area contributed by atoms with E-state index < -0.39 is 35.7 Å². The number of aliphatic carboxylic acids is 1. The highest BCUT2D eigenvalue weighted by atomic mass is 35.5. The average Bonchev–Trinajstić information content (AvgIpc) is 3.14. The molecule has 0 aromatic heterocycles. The van der Waals surface area contributed by atoms with E-state index in [1.54, 1.807) is 42.5 Å². The molecule has 0 aliphatic carbocycles. The van der Waals surface area contributed by atoms with Crippen LogP contribution in [0.25, 0.3) is 0 Å². The summed E-state index contributed by atoms with van der Waals surface area (Å²) in [5, 5.41) is 9.36. The smallest absolute Gasteiger partial charge is 0.323 e. The molecule has 1 amide bonds. The van der Waals surface area contributed by atoms with E-state index in [9.17, 15) is 23.5 Å². The van der Waals surface area contributed by atoms with E-state index in [1.165, 1.54) is 23.1 Å². The number of hydrogen-bond donors (Lipinski definition) is 1. The summed E-state index contributed by atoms with van der Waals surface area (Å²) in [5.41, 5.74) is 1.63. The quantitative estimate of drug-likeness (QED) is 0.455. The lowest BCUT2D eigenvalue weighted by atomic mass is 9.91. The van der Waals surface area contributed by atoms with E-state index in [2.05, 4.69) is 0 Å². The summed E-state index contributed by atoms with van der Waals surface area (Å²) in [7, 11) is 0. The van der Waals surface area contributed by atoms with Crippen molar-refractivity contribution in [2.24, 2.45) is 0 Å². The van der Waals surface area contributed by atoms with E-state index in [0.29, 0.717) is 29.7 Å². The fourth-order valence-electron chi connectivity index (χ4n) is 4.39. The van der Waals surface area contributed by atoms with Gasteiger partial charge in [-0.1, -0.05) is 35.9 Å². The molecule has 0 bridgehead atoms. The second-order valence-electron chi connectivity index (χ2n) is 8.94. The molecule has 0 spiro atoms.